The van der Waals surface area contributed by atoms with Gasteiger partial charge in [-0.25, -0.2) is 0 Å². The van der Waals surface area contributed by atoms with E-state index in [2.05, 4.69) is 135 Å². The molecule has 6 aliphatic heterocycles. The molecule has 6 saturated heterocycles. The standard InChI is InChI=1S/2C24H30N4O.C23H30ClN3O.2CN.Zn/c2*1-17-12-20(21-6-5-19(14-25)24-22(21)4-3-9-26-24)16-28(15-17)23(29)13-18-7-10-27(2)11-8-18;1-16-12-18(19-5-6-21(24)23-20(19)4-3-9-25-23)15-27(14-16)22(28)13-17-7-10-26(2)11-8-17;2*1-2;/h2*3-6,9,17-18,20H,7-8,10-13,15-16H2,1-2H3;3-6,9,16-18H,7-8,10-15H2,1-2H3;;;/q;;;2*-1;+2/t2*17-,20?;16-,18?;;;/m111.../s1. The number of carbonyl (C=O) groups excluding carboxylic acids is 3. The topological polar surface area (TPSA) is 204 Å². The quantitative estimate of drug-likeness (QED) is 0.0977. The van der Waals surface area contributed by atoms with E-state index in [0.717, 1.165) is 169 Å². The molecule has 0 radical (unpaired) electrons. The molecular weight excluding hydrogens is 1210 g/mol. The second kappa shape index (κ2) is 34.6. The third-order valence-electron chi connectivity index (χ3n) is 19.9. The van der Waals surface area contributed by atoms with Gasteiger partial charge in [-0.1, -0.05) is 68.8 Å². The summed E-state index contributed by atoms with van der Waals surface area (Å²) in [5.41, 5.74) is 7.35. The van der Waals surface area contributed by atoms with Crippen molar-refractivity contribution < 1.29 is 33.9 Å². The molecule has 0 saturated carbocycles. The predicted octanol–water partition coefficient (Wildman–Crippen LogP) is 12.3. The number of piperidine rings is 6. The zero-order chi connectivity index (χ0) is 64.4. The number of nitrogens with zero attached hydrogens (tertiary/aromatic N) is 13. The van der Waals surface area contributed by atoms with Crippen molar-refractivity contribution in [3.05, 3.63) is 137 Å². The van der Waals surface area contributed by atoms with Crippen molar-refractivity contribution in [1.82, 2.24) is 44.4 Å². The molecule has 16 nitrogen and oxygen atoms in total. The van der Waals surface area contributed by atoms with Gasteiger partial charge in [0.25, 0.3) is 0 Å². The molecule has 0 bridgehead atoms. The van der Waals surface area contributed by atoms with E-state index < -0.39 is 0 Å². The maximum Gasteiger partial charge on any atom is 2.00 e. The molecule has 12 rings (SSSR count). The third kappa shape index (κ3) is 18.6. The summed E-state index contributed by atoms with van der Waals surface area (Å²) in [5.74, 6) is 4.91. The SMILES string of the molecule is C[C@@H]1CC(c2ccc(C#N)c3ncccc23)CN(C(=O)CC2CCN(C)CC2)C1.C[C@@H]1CC(c2ccc(C#N)c3ncccc23)CN(C(=O)CC2CCN(C)CC2)C1.C[C@@H]1CC(c2ccc(Cl)c3ncccc23)CN(C(=O)CC2CCN(C)CC2)C1.[C-]#N.[C-]#N.[Zn+2]. The summed E-state index contributed by atoms with van der Waals surface area (Å²) in [7, 11) is 6.48. The van der Waals surface area contributed by atoms with Gasteiger partial charge in [0, 0.05) is 111 Å². The van der Waals surface area contributed by atoms with E-state index in [4.69, 9.17) is 35.3 Å². The largest absolute Gasteiger partial charge is 2.00 e. The summed E-state index contributed by atoms with van der Waals surface area (Å²) < 4.78 is 0. The number of hydrogen-bond donors (Lipinski definition) is 0. The Labute approximate surface area is 558 Å². The number of pyridine rings is 3. The van der Waals surface area contributed by atoms with E-state index in [9.17, 15) is 24.9 Å². The Morgan fingerprint density at radius 3 is 1.05 bits per heavy atom. The normalized spacial score (nSPS) is 22.8. The summed E-state index contributed by atoms with van der Waals surface area (Å²) in [6, 6.07) is 28.6. The molecule has 91 heavy (non-hydrogen) atoms. The molecule has 0 aliphatic carbocycles. The molecule has 6 atom stereocenters. The number of benzene rings is 3. The Balaban J connectivity index is 0.000000188. The maximum absolute atomic E-state index is 13.1. The number of aromatic nitrogens is 3. The van der Waals surface area contributed by atoms with E-state index in [1.165, 1.54) is 16.7 Å². The summed E-state index contributed by atoms with van der Waals surface area (Å²) in [6.07, 6.45) is 17.4. The number of likely N-dealkylation sites (tertiary alicyclic amines) is 6. The van der Waals surface area contributed by atoms with Gasteiger partial charge in [0.1, 0.15) is 12.1 Å². The second-order valence-corrected chi connectivity index (χ2v) is 27.2. The number of hydrogen-bond acceptors (Lipinski definition) is 13. The average molecular weight is 1300 g/mol. The van der Waals surface area contributed by atoms with Crippen molar-refractivity contribution >= 4 is 62.0 Å². The van der Waals surface area contributed by atoms with Crippen LogP contribution < -0.4 is 0 Å². The molecule has 6 fully saturated rings. The van der Waals surface area contributed by atoms with Gasteiger partial charge in [-0.15, -0.1) is 0 Å². The number of rotatable bonds is 9. The minimum atomic E-state index is 0. The van der Waals surface area contributed by atoms with Crippen LogP contribution in [0.15, 0.2) is 91.4 Å². The van der Waals surface area contributed by atoms with Crippen molar-refractivity contribution in [2.75, 3.05) is 99.7 Å². The van der Waals surface area contributed by atoms with Crippen molar-refractivity contribution in [2.45, 2.75) is 116 Å². The van der Waals surface area contributed by atoms with Gasteiger partial charge >= 0.3 is 19.5 Å². The fraction of sp³-hybridized carbons (Fsp3) is 0.534. The molecule has 0 N–H and O–H groups in total. The summed E-state index contributed by atoms with van der Waals surface area (Å²) >= 11 is 6.36. The van der Waals surface area contributed by atoms with E-state index in [0.29, 0.717) is 106 Å². The molecule has 474 valence electrons. The monoisotopic (exact) mass is 1300 g/mol. The Hall–Kier alpha value is -6.95. The number of halogens is 1. The summed E-state index contributed by atoms with van der Waals surface area (Å²) in [6.45, 7) is 27.8. The molecular formula is C73H90ClN13O3Zn. The summed E-state index contributed by atoms with van der Waals surface area (Å²) in [5, 5.41) is 35.3. The van der Waals surface area contributed by atoms with Crippen LogP contribution in [0.25, 0.3) is 32.7 Å². The zero-order valence-electron chi connectivity index (χ0n) is 54.5. The Kier molecular flexibility index (Phi) is 27.2. The molecule has 18 heteroatoms. The van der Waals surface area contributed by atoms with Crippen LogP contribution in [0.5, 0.6) is 0 Å². The fourth-order valence-corrected chi connectivity index (χ4v) is 15.3. The van der Waals surface area contributed by atoms with Gasteiger partial charge in [-0.05, 0) is 207 Å². The van der Waals surface area contributed by atoms with Crippen LogP contribution >= 0.6 is 11.6 Å². The van der Waals surface area contributed by atoms with Crippen molar-refractivity contribution in [2.24, 2.45) is 35.5 Å². The van der Waals surface area contributed by atoms with Gasteiger partial charge < -0.3 is 53.1 Å². The molecule has 3 amide bonds. The molecule has 9 heterocycles. The van der Waals surface area contributed by atoms with Crippen molar-refractivity contribution in [3.8, 4) is 12.1 Å². The molecule has 6 aromatic rings. The van der Waals surface area contributed by atoms with Crippen LogP contribution in [0.2, 0.25) is 5.02 Å². The molecule has 6 aliphatic rings. The van der Waals surface area contributed by atoms with Crippen LogP contribution in [0, 0.1) is 81.8 Å². The number of amides is 3. The maximum atomic E-state index is 13.1. The fourth-order valence-electron chi connectivity index (χ4n) is 15.1. The first-order chi connectivity index (χ1) is 43.6. The van der Waals surface area contributed by atoms with Crippen molar-refractivity contribution in [1.29, 1.82) is 21.0 Å². The van der Waals surface area contributed by atoms with Crippen LogP contribution in [0.3, 0.4) is 0 Å². The second-order valence-electron chi connectivity index (χ2n) is 26.8. The smallest absolute Gasteiger partial charge is 0.512 e. The minimum Gasteiger partial charge on any atom is -0.512 e. The number of fused-ring (bicyclic) bond motifs is 3. The van der Waals surface area contributed by atoms with Gasteiger partial charge in [-0.2, -0.15) is 10.5 Å². The Morgan fingerprint density at radius 1 is 0.462 bits per heavy atom. The van der Waals surface area contributed by atoms with Crippen LogP contribution in [-0.4, -0.2) is 162 Å². The van der Waals surface area contributed by atoms with E-state index in [1.807, 2.05) is 36.4 Å². The Morgan fingerprint density at radius 2 is 0.747 bits per heavy atom. The van der Waals surface area contributed by atoms with E-state index in [-0.39, 0.29) is 19.5 Å². The van der Waals surface area contributed by atoms with Crippen LogP contribution in [0.1, 0.15) is 143 Å². The molecule has 3 aromatic carbocycles. The van der Waals surface area contributed by atoms with E-state index >= 15 is 0 Å². The van der Waals surface area contributed by atoms with Crippen LogP contribution in [0.4, 0.5) is 0 Å². The van der Waals surface area contributed by atoms with Gasteiger partial charge in [0.05, 0.1) is 32.7 Å². The third-order valence-corrected chi connectivity index (χ3v) is 20.2. The van der Waals surface area contributed by atoms with E-state index in [1.54, 1.807) is 18.6 Å². The first kappa shape index (κ1) is 71.5. The molecule has 3 unspecified atom stereocenters. The van der Waals surface area contributed by atoms with Gasteiger partial charge in [0.2, 0.25) is 17.7 Å². The number of nitriles is 2. The van der Waals surface area contributed by atoms with Gasteiger partial charge in [-0.3, -0.25) is 29.3 Å². The van der Waals surface area contributed by atoms with Crippen molar-refractivity contribution in [3.63, 3.8) is 0 Å². The minimum absolute atomic E-state index is 0. The molecule has 0 spiro atoms. The predicted molar refractivity (Wildman–Crippen MR) is 353 cm³/mol. The Bertz CT molecular complexity index is 3370. The van der Waals surface area contributed by atoms with Crippen LogP contribution in [-0.2, 0) is 33.9 Å². The summed E-state index contributed by atoms with van der Waals surface area (Å²) in [4.78, 5) is 66.0. The zero-order valence-corrected chi connectivity index (χ0v) is 58.2. The number of carbonyl (C=O) groups is 3. The first-order valence-corrected chi connectivity index (χ1v) is 32.9. The average Bonchev–Trinajstić information content (AvgIpc) is 0.911. The molecule has 3 aromatic heterocycles. The van der Waals surface area contributed by atoms with Gasteiger partial charge in [0.15, 0.2) is 0 Å². The first-order valence-electron chi connectivity index (χ1n) is 32.5.